The first-order valence-corrected chi connectivity index (χ1v) is 15.9. The third-order valence-electron chi connectivity index (χ3n) is 7.57. The van der Waals surface area contributed by atoms with Crippen LogP contribution in [0.25, 0.3) is 0 Å². The molecule has 6 rings (SSSR count). The lowest BCUT2D eigenvalue weighted by Crippen LogP contribution is -2.33. The number of rotatable bonds is 8. The Morgan fingerprint density at radius 2 is 1.66 bits per heavy atom. The second-order valence-corrected chi connectivity index (χ2v) is 12.6. The Morgan fingerprint density at radius 1 is 0.957 bits per heavy atom. The molecule has 1 fully saturated rings. The fourth-order valence-electron chi connectivity index (χ4n) is 5.61. The zero-order chi connectivity index (χ0) is 33.5. The van der Waals surface area contributed by atoms with Gasteiger partial charge in [-0.15, -0.1) is 0 Å². The maximum absolute atomic E-state index is 14.0. The first-order valence-electron chi connectivity index (χ1n) is 14.2. The van der Waals surface area contributed by atoms with Crippen molar-refractivity contribution >= 4 is 58.2 Å². The number of imide groups is 1. The van der Waals surface area contributed by atoms with Crippen LogP contribution in [0.1, 0.15) is 39.2 Å². The molecule has 1 saturated heterocycles. The summed E-state index contributed by atoms with van der Waals surface area (Å²) in [6.07, 6.45) is -4.83. The number of thiazole rings is 1. The molecular weight excluding hydrogens is 659 g/mol. The van der Waals surface area contributed by atoms with Crippen LogP contribution in [0.15, 0.2) is 82.6 Å². The number of amides is 3. The van der Waals surface area contributed by atoms with Crippen LogP contribution >= 0.6 is 23.1 Å². The molecule has 0 aliphatic carbocycles. The number of aromatic amines is 1. The molecule has 0 saturated carbocycles. The largest absolute Gasteiger partial charge is 0.483 e. The maximum Gasteiger partial charge on any atom is 0.418 e. The Balaban J connectivity index is 1.29. The minimum Gasteiger partial charge on any atom is -0.483 e. The minimum absolute atomic E-state index is 0.178. The molecule has 3 atom stereocenters. The number of hydrogen-bond acceptors (Lipinski definition) is 9. The summed E-state index contributed by atoms with van der Waals surface area (Å²) in [5.74, 6) is -4.68. The fraction of sp³-hybridized carbons (Fsp3) is 0.219. The number of benzene rings is 3. The quantitative estimate of drug-likeness (QED) is 0.185. The van der Waals surface area contributed by atoms with Crippen LogP contribution in [0, 0.1) is 5.92 Å². The lowest BCUT2D eigenvalue weighted by molar-refractivity contribution is -0.137. The van der Waals surface area contributed by atoms with Gasteiger partial charge in [0.15, 0.2) is 6.61 Å². The van der Waals surface area contributed by atoms with E-state index in [1.54, 1.807) is 31.2 Å². The average Bonchev–Trinajstić information content (AvgIpc) is 3.54. The number of carbonyl (C=O) groups is 4. The molecule has 15 heteroatoms. The van der Waals surface area contributed by atoms with Gasteiger partial charge in [0.25, 0.3) is 5.91 Å². The van der Waals surface area contributed by atoms with Crippen LogP contribution in [-0.4, -0.2) is 47.1 Å². The molecule has 3 aromatic carbocycles. The Labute approximate surface area is 272 Å². The summed E-state index contributed by atoms with van der Waals surface area (Å²) in [5.41, 5.74) is -0.626. The number of anilines is 2. The molecule has 2 aliphatic heterocycles. The standard InChI is InChI=1S/C32H24F3N3O7S2/c1-2-44-30(42)16-11-13-17(14-12-16)36-22(39)15-45-21-10-6-3-7-18(21)23-24-26(46-27-25(23)47-31(43)37-27)29(41)38(28(24)40)20-9-5-4-8-19(20)32(33,34)35/h3-14,23-24,26H,2,15H2,1H3,(H,36,39)(H,37,43)/t23-,24?,26?/m1/s1. The van der Waals surface area contributed by atoms with E-state index >= 15 is 0 Å². The van der Waals surface area contributed by atoms with Gasteiger partial charge in [0.05, 0.1) is 34.4 Å². The Bertz CT molecular complexity index is 1940. The molecule has 2 N–H and O–H groups in total. The van der Waals surface area contributed by atoms with Gasteiger partial charge in [0, 0.05) is 22.0 Å². The van der Waals surface area contributed by atoms with Gasteiger partial charge in [-0.2, -0.15) is 13.2 Å². The molecule has 2 aliphatic rings. The van der Waals surface area contributed by atoms with Crippen LogP contribution in [0.3, 0.4) is 0 Å². The first-order chi connectivity index (χ1) is 22.5. The van der Waals surface area contributed by atoms with Crippen molar-refractivity contribution in [1.29, 1.82) is 0 Å². The van der Waals surface area contributed by atoms with Crippen molar-refractivity contribution in [2.75, 3.05) is 23.4 Å². The number of fused-ring (bicyclic) bond motifs is 2. The van der Waals surface area contributed by atoms with Gasteiger partial charge < -0.3 is 19.8 Å². The smallest absolute Gasteiger partial charge is 0.418 e. The summed E-state index contributed by atoms with van der Waals surface area (Å²) >= 11 is 1.76. The second-order valence-electron chi connectivity index (χ2n) is 10.4. The summed E-state index contributed by atoms with van der Waals surface area (Å²) in [5, 5.41) is 1.85. The van der Waals surface area contributed by atoms with Crippen LogP contribution in [-0.2, 0) is 25.3 Å². The van der Waals surface area contributed by atoms with E-state index in [2.05, 4.69) is 10.3 Å². The van der Waals surface area contributed by atoms with Crippen molar-refractivity contribution in [3.63, 3.8) is 0 Å². The van der Waals surface area contributed by atoms with Gasteiger partial charge in [0.1, 0.15) is 11.0 Å². The van der Waals surface area contributed by atoms with Crippen molar-refractivity contribution in [3.05, 3.63) is 104 Å². The summed E-state index contributed by atoms with van der Waals surface area (Å²) in [6.45, 7) is 1.43. The highest BCUT2D eigenvalue weighted by atomic mass is 32.2. The van der Waals surface area contributed by atoms with Gasteiger partial charge in [-0.1, -0.05) is 53.4 Å². The van der Waals surface area contributed by atoms with Gasteiger partial charge in [-0.25, -0.2) is 9.69 Å². The number of nitrogens with zero attached hydrogens (tertiary/aromatic N) is 1. The highest BCUT2D eigenvalue weighted by Crippen LogP contribution is 2.55. The number of esters is 1. The highest BCUT2D eigenvalue weighted by molar-refractivity contribution is 8.00. The minimum atomic E-state index is -4.83. The van der Waals surface area contributed by atoms with E-state index in [1.165, 1.54) is 36.4 Å². The fourth-order valence-corrected chi connectivity index (χ4v) is 8.12. The van der Waals surface area contributed by atoms with Gasteiger partial charge in [0.2, 0.25) is 11.8 Å². The summed E-state index contributed by atoms with van der Waals surface area (Å²) < 4.78 is 52.7. The van der Waals surface area contributed by atoms with E-state index in [0.29, 0.717) is 31.6 Å². The Kier molecular flexibility index (Phi) is 8.68. The zero-order valence-corrected chi connectivity index (χ0v) is 26.0. The number of H-pyrrole nitrogens is 1. The SMILES string of the molecule is CCOC(=O)c1ccc(NC(=O)COc2ccccc2[C@H]2c3sc(=O)[nH]c3SC3C(=O)N(c4ccccc4C(F)(F)F)C(=O)C32)cc1. The van der Waals surface area contributed by atoms with E-state index in [9.17, 15) is 37.1 Å². The van der Waals surface area contributed by atoms with Gasteiger partial charge in [-0.05, 0) is 49.4 Å². The Morgan fingerprint density at radius 3 is 2.38 bits per heavy atom. The van der Waals surface area contributed by atoms with Gasteiger partial charge in [-0.3, -0.25) is 19.2 Å². The molecule has 4 aromatic rings. The number of carbonyl (C=O) groups excluding carboxylic acids is 4. The van der Waals surface area contributed by atoms with Crippen molar-refractivity contribution in [2.24, 2.45) is 5.92 Å². The second kappa shape index (κ2) is 12.7. The van der Waals surface area contributed by atoms with Crippen LogP contribution in [0.4, 0.5) is 24.5 Å². The summed E-state index contributed by atoms with van der Waals surface area (Å²) in [4.78, 5) is 68.1. The van der Waals surface area contributed by atoms with E-state index in [1.807, 2.05) is 0 Å². The molecule has 242 valence electrons. The Hall–Kier alpha value is -4.89. The van der Waals surface area contributed by atoms with Crippen molar-refractivity contribution in [1.82, 2.24) is 4.98 Å². The number of thioether (sulfide) groups is 1. The molecule has 3 amide bonds. The number of halogens is 3. The number of aromatic nitrogens is 1. The number of alkyl halides is 3. The molecule has 0 bridgehead atoms. The monoisotopic (exact) mass is 683 g/mol. The van der Waals surface area contributed by atoms with Crippen molar-refractivity contribution in [2.45, 2.75) is 29.3 Å². The topological polar surface area (TPSA) is 135 Å². The average molecular weight is 684 g/mol. The van der Waals surface area contributed by atoms with Crippen molar-refractivity contribution < 1.29 is 41.8 Å². The normalized spacial score (nSPS) is 18.8. The number of ether oxygens (including phenoxy) is 2. The van der Waals surface area contributed by atoms with Crippen LogP contribution in [0.5, 0.6) is 5.75 Å². The molecule has 2 unspecified atom stereocenters. The maximum atomic E-state index is 14.0. The third-order valence-corrected chi connectivity index (χ3v) is 9.97. The predicted molar refractivity (Wildman–Crippen MR) is 167 cm³/mol. The zero-order valence-electron chi connectivity index (χ0n) is 24.3. The molecule has 1 aromatic heterocycles. The van der Waals surface area contributed by atoms with Crippen LogP contribution < -0.4 is 19.8 Å². The van der Waals surface area contributed by atoms with E-state index < -0.39 is 69.7 Å². The van der Waals surface area contributed by atoms with Crippen LogP contribution in [0.2, 0.25) is 0 Å². The molecule has 10 nitrogen and oxygen atoms in total. The van der Waals surface area contributed by atoms with E-state index in [0.717, 1.165) is 35.2 Å². The number of nitrogens with one attached hydrogen (secondary N) is 2. The summed E-state index contributed by atoms with van der Waals surface area (Å²) in [7, 11) is 0. The molecule has 0 radical (unpaired) electrons. The van der Waals surface area contributed by atoms with Gasteiger partial charge >= 0.3 is 17.0 Å². The third kappa shape index (κ3) is 6.15. The summed E-state index contributed by atoms with van der Waals surface area (Å²) in [6, 6.07) is 16.9. The van der Waals surface area contributed by atoms with Crippen molar-refractivity contribution in [3.8, 4) is 5.75 Å². The van der Waals surface area contributed by atoms with E-state index in [-0.39, 0.29) is 12.4 Å². The molecule has 3 heterocycles. The number of hydrogen-bond donors (Lipinski definition) is 2. The molecular formula is C32H24F3N3O7S2. The first kappa shape index (κ1) is 32.1. The lowest BCUT2D eigenvalue weighted by Gasteiger charge is -2.30. The molecule has 0 spiro atoms. The number of para-hydroxylation sites is 2. The predicted octanol–water partition coefficient (Wildman–Crippen LogP) is 5.45. The highest BCUT2D eigenvalue weighted by Gasteiger charge is 2.57. The molecule has 47 heavy (non-hydrogen) atoms. The van der Waals surface area contributed by atoms with E-state index in [4.69, 9.17) is 9.47 Å². The lowest BCUT2D eigenvalue weighted by atomic mass is 9.82.